The highest BCUT2D eigenvalue weighted by atomic mass is 14.9. The van der Waals surface area contributed by atoms with Gasteiger partial charge in [-0.2, -0.15) is 0 Å². The summed E-state index contributed by atoms with van der Waals surface area (Å²) in [5.41, 5.74) is 19.7. The molecule has 0 atom stereocenters. The Morgan fingerprint density at radius 3 is 1.38 bits per heavy atom. The first-order valence-corrected chi connectivity index (χ1v) is 1.90. The van der Waals surface area contributed by atoms with Crippen molar-refractivity contribution in [3.05, 3.63) is 11.5 Å². The van der Waals surface area contributed by atoms with E-state index in [4.69, 9.17) is 28.3 Å². The highest BCUT2D eigenvalue weighted by molar-refractivity contribution is 5.93. The first-order chi connectivity index (χ1) is 3.55. The van der Waals surface area contributed by atoms with Gasteiger partial charge in [-0.1, -0.05) is 0 Å². The van der Waals surface area contributed by atoms with Gasteiger partial charge in [0.05, 0.1) is 0 Å². The van der Waals surface area contributed by atoms with E-state index in [2.05, 4.69) is 0 Å². The zero-order valence-corrected chi connectivity index (χ0v) is 4.31. The molecular weight excluding hydrogens is 106 g/mol. The minimum atomic E-state index is -0.301. The lowest BCUT2D eigenvalue weighted by molar-refractivity contribution is 1.17. The molecule has 0 spiro atoms. The largest absolute Gasteiger partial charge is 0.393 e. The number of rotatable bonds is 1. The number of hydrogen-bond donors (Lipinski definition) is 5. The van der Waals surface area contributed by atoms with E-state index in [9.17, 15) is 0 Å². The molecule has 0 fully saturated rings. The molecule has 8 heavy (non-hydrogen) atoms. The van der Waals surface area contributed by atoms with Crippen molar-refractivity contribution in [2.45, 2.75) is 0 Å². The zero-order valence-electron chi connectivity index (χ0n) is 4.31. The number of amidine groups is 1. The van der Waals surface area contributed by atoms with Crippen LogP contribution in [-0.4, -0.2) is 5.84 Å². The quantitative estimate of drug-likeness (QED) is 0.199. The van der Waals surface area contributed by atoms with Gasteiger partial charge in [-0.15, -0.1) is 0 Å². The summed E-state index contributed by atoms with van der Waals surface area (Å²) in [4.78, 5) is 0. The molecule has 9 N–H and O–H groups in total. The second-order valence-electron chi connectivity index (χ2n) is 1.28. The molecule has 5 heteroatoms. The average Bonchev–Trinajstić information content (AvgIpc) is 1.64. The van der Waals surface area contributed by atoms with E-state index in [0.29, 0.717) is 0 Å². The van der Waals surface area contributed by atoms with Crippen molar-refractivity contribution >= 4 is 5.84 Å². The predicted octanol–water partition coefficient (Wildman–Crippen LogP) is -2.03. The first kappa shape index (κ1) is 6.61. The molecule has 0 unspecified atom stereocenters. The Morgan fingerprint density at radius 1 is 1.00 bits per heavy atom. The van der Waals surface area contributed by atoms with Crippen molar-refractivity contribution in [2.75, 3.05) is 0 Å². The summed E-state index contributed by atoms with van der Waals surface area (Å²) < 4.78 is 0. The van der Waals surface area contributed by atoms with E-state index in [0.717, 1.165) is 0 Å². The molecule has 46 valence electrons. The van der Waals surface area contributed by atoms with Gasteiger partial charge in [0, 0.05) is 0 Å². The molecule has 0 rings (SSSR count). The summed E-state index contributed by atoms with van der Waals surface area (Å²) in [7, 11) is 0. The van der Waals surface area contributed by atoms with Gasteiger partial charge in [-0.05, 0) is 0 Å². The van der Waals surface area contributed by atoms with Crippen LogP contribution in [-0.2, 0) is 0 Å². The van der Waals surface area contributed by atoms with E-state index >= 15 is 0 Å². The van der Waals surface area contributed by atoms with E-state index in [1.165, 1.54) is 0 Å². The molecule has 0 aliphatic rings. The van der Waals surface area contributed by atoms with Crippen molar-refractivity contribution in [2.24, 2.45) is 22.9 Å². The highest BCUT2D eigenvalue weighted by Gasteiger charge is 1.94. The summed E-state index contributed by atoms with van der Waals surface area (Å²) >= 11 is 0. The van der Waals surface area contributed by atoms with Gasteiger partial charge in [0.2, 0.25) is 0 Å². The Labute approximate surface area is 46.8 Å². The van der Waals surface area contributed by atoms with Crippen molar-refractivity contribution in [1.82, 2.24) is 0 Å². The lowest BCUT2D eigenvalue weighted by Crippen LogP contribution is -2.27. The fraction of sp³-hybridized carbons (Fsp3) is 0. The third kappa shape index (κ3) is 1.38. The van der Waals surface area contributed by atoms with Crippen LogP contribution in [0, 0.1) is 5.41 Å². The molecule has 0 radical (unpaired) electrons. The maximum atomic E-state index is 6.67. The van der Waals surface area contributed by atoms with Gasteiger partial charge < -0.3 is 22.9 Å². The summed E-state index contributed by atoms with van der Waals surface area (Å²) in [6.07, 6.45) is 0. The third-order valence-corrected chi connectivity index (χ3v) is 0.601. The normalized spacial score (nSPS) is 8.00. The van der Waals surface area contributed by atoms with E-state index in [1.807, 2.05) is 0 Å². The van der Waals surface area contributed by atoms with Crippen molar-refractivity contribution in [3.63, 3.8) is 0 Å². The molecule has 0 bridgehead atoms. The van der Waals surface area contributed by atoms with Gasteiger partial charge >= 0.3 is 0 Å². The Bertz CT molecular complexity index is 131. The standard InChI is InChI=1S/C3H9N5/c4-1(2(5)6)3(7)8/h4-6H2,(H3,7,8). The summed E-state index contributed by atoms with van der Waals surface area (Å²) in [5.74, 6) is -0.414. The van der Waals surface area contributed by atoms with Crippen molar-refractivity contribution in [3.8, 4) is 0 Å². The van der Waals surface area contributed by atoms with Gasteiger partial charge in [-0.25, -0.2) is 0 Å². The van der Waals surface area contributed by atoms with Crippen LogP contribution in [0.3, 0.4) is 0 Å². The van der Waals surface area contributed by atoms with Crippen LogP contribution in [0.2, 0.25) is 0 Å². The monoisotopic (exact) mass is 115 g/mol. The number of hydrogen-bond acceptors (Lipinski definition) is 4. The van der Waals surface area contributed by atoms with Crippen LogP contribution in [0.25, 0.3) is 0 Å². The molecule has 0 amide bonds. The summed E-state index contributed by atoms with van der Waals surface area (Å²) in [6.45, 7) is 0. The van der Waals surface area contributed by atoms with E-state index in [-0.39, 0.29) is 17.4 Å². The fourth-order valence-corrected chi connectivity index (χ4v) is 0.156. The Kier molecular flexibility index (Phi) is 1.70. The molecule has 0 heterocycles. The van der Waals surface area contributed by atoms with Gasteiger partial charge in [0.15, 0.2) is 0 Å². The van der Waals surface area contributed by atoms with Crippen LogP contribution in [0.1, 0.15) is 0 Å². The molecular formula is C3H9N5. The van der Waals surface area contributed by atoms with E-state index in [1.54, 1.807) is 0 Å². The Hall–Kier alpha value is -1.39. The van der Waals surface area contributed by atoms with Crippen LogP contribution in [0.15, 0.2) is 11.5 Å². The van der Waals surface area contributed by atoms with Gasteiger partial charge in [0.1, 0.15) is 17.4 Å². The Morgan fingerprint density at radius 2 is 1.38 bits per heavy atom. The van der Waals surface area contributed by atoms with Crippen LogP contribution >= 0.6 is 0 Å². The predicted molar refractivity (Wildman–Crippen MR) is 31.5 cm³/mol. The molecule has 0 aromatic rings. The molecule has 0 aliphatic carbocycles. The lowest BCUT2D eigenvalue weighted by Gasteiger charge is -1.97. The molecule has 0 aromatic heterocycles. The third-order valence-electron chi connectivity index (χ3n) is 0.601. The lowest BCUT2D eigenvalue weighted by atomic mass is 10.4. The molecule has 0 saturated heterocycles. The van der Waals surface area contributed by atoms with Crippen LogP contribution in [0.4, 0.5) is 0 Å². The van der Waals surface area contributed by atoms with Crippen LogP contribution in [0.5, 0.6) is 0 Å². The summed E-state index contributed by atoms with van der Waals surface area (Å²) in [5, 5.41) is 6.67. The number of nitrogens with two attached hydrogens (primary N) is 4. The average molecular weight is 115 g/mol. The molecule has 0 aliphatic heterocycles. The second-order valence-corrected chi connectivity index (χ2v) is 1.28. The smallest absolute Gasteiger partial charge is 0.142 e. The molecule has 5 nitrogen and oxygen atoms in total. The van der Waals surface area contributed by atoms with E-state index < -0.39 is 0 Å². The molecule has 0 aromatic carbocycles. The zero-order chi connectivity index (χ0) is 6.73. The maximum absolute atomic E-state index is 6.67. The molecule has 0 saturated carbocycles. The second kappa shape index (κ2) is 2.06. The highest BCUT2D eigenvalue weighted by Crippen LogP contribution is 1.78. The summed E-state index contributed by atoms with van der Waals surface area (Å²) in [6, 6.07) is 0. The fourth-order valence-electron chi connectivity index (χ4n) is 0.156. The number of nitrogens with one attached hydrogen (secondary N) is 1. The van der Waals surface area contributed by atoms with Crippen molar-refractivity contribution < 1.29 is 0 Å². The SMILES string of the molecule is N=C(N)C(N)=C(N)N. The minimum Gasteiger partial charge on any atom is -0.393 e. The minimum absolute atomic E-state index is 0.0648. The van der Waals surface area contributed by atoms with Gasteiger partial charge in [-0.3, -0.25) is 5.41 Å². The Balaban J connectivity index is 4.23. The van der Waals surface area contributed by atoms with Gasteiger partial charge in [0.25, 0.3) is 0 Å². The topological polar surface area (TPSA) is 128 Å². The first-order valence-electron chi connectivity index (χ1n) is 1.90. The van der Waals surface area contributed by atoms with Crippen LogP contribution < -0.4 is 22.9 Å². The maximum Gasteiger partial charge on any atom is 0.142 e. The van der Waals surface area contributed by atoms with Crippen molar-refractivity contribution in [1.29, 1.82) is 5.41 Å².